The van der Waals surface area contributed by atoms with Gasteiger partial charge in [-0.1, -0.05) is 55.4 Å². The fourth-order valence-corrected chi connectivity index (χ4v) is 3.41. The lowest BCUT2D eigenvalue weighted by molar-refractivity contribution is 0.517. The van der Waals surface area contributed by atoms with E-state index in [2.05, 4.69) is 30.7 Å². The minimum Gasteiger partial charge on any atom is -0.267 e. The molecule has 0 radical (unpaired) electrons. The maximum Gasteiger partial charge on any atom is 0.0945 e. The van der Waals surface area contributed by atoms with Gasteiger partial charge in [0, 0.05) is 18.4 Å². The molecular weight excluding hydrogens is 201 g/mol. The molecule has 0 aliphatic heterocycles. The number of benzene rings is 1. The standard InChI is InChI=1S/C10H15ClNP/c1-3-12(4-2)13(11)10-8-6-5-7-9-10/h5-9H,3-4H2,1-2H3. The van der Waals surface area contributed by atoms with Crippen LogP contribution in [0.15, 0.2) is 30.3 Å². The number of hydrogen-bond donors (Lipinski definition) is 0. The second-order valence-electron chi connectivity index (χ2n) is 2.73. The average molecular weight is 216 g/mol. The lowest BCUT2D eigenvalue weighted by Crippen LogP contribution is -2.19. The molecule has 1 atom stereocenters. The van der Waals surface area contributed by atoms with Gasteiger partial charge >= 0.3 is 0 Å². The van der Waals surface area contributed by atoms with Crippen molar-refractivity contribution in [1.82, 2.24) is 4.67 Å². The van der Waals surface area contributed by atoms with Crippen LogP contribution in [0.1, 0.15) is 13.8 Å². The van der Waals surface area contributed by atoms with E-state index in [1.165, 1.54) is 5.30 Å². The van der Waals surface area contributed by atoms with E-state index in [9.17, 15) is 0 Å². The van der Waals surface area contributed by atoms with Crippen LogP contribution in [-0.4, -0.2) is 17.8 Å². The lowest BCUT2D eigenvalue weighted by Gasteiger charge is -2.23. The van der Waals surface area contributed by atoms with E-state index >= 15 is 0 Å². The molecule has 0 N–H and O–H groups in total. The van der Waals surface area contributed by atoms with Gasteiger partial charge in [0.15, 0.2) is 0 Å². The van der Waals surface area contributed by atoms with E-state index in [1.54, 1.807) is 0 Å². The molecule has 0 aliphatic carbocycles. The zero-order valence-corrected chi connectivity index (χ0v) is 9.72. The molecule has 0 aliphatic rings. The Labute approximate surface area is 86.3 Å². The Morgan fingerprint density at radius 1 is 1.15 bits per heavy atom. The number of rotatable bonds is 4. The SMILES string of the molecule is CCN(CC)P(Cl)c1ccccc1. The van der Waals surface area contributed by atoms with E-state index in [0.717, 1.165) is 13.1 Å². The highest BCUT2D eigenvalue weighted by Gasteiger charge is 2.13. The summed E-state index contributed by atoms with van der Waals surface area (Å²) in [6, 6.07) is 10.3. The van der Waals surface area contributed by atoms with Gasteiger partial charge in [-0.2, -0.15) is 0 Å². The predicted molar refractivity (Wildman–Crippen MR) is 61.8 cm³/mol. The molecule has 1 nitrogen and oxygen atoms in total. The quantitative estimate of drug-likeness (QED) is 0.698. The normalized spacial score (nSPS) is 13.2. The smallest absolute Gasteiger partial charge is 0.0945 e. The van der Waals surface area contributed by atoms with E-state index < -0.39 is 7.43 Å². The summed E-state index contributed by atoms with van der Waals surface area (Å²) in [5, 5.41) is 1.24. The van der Waals surface area contributed by atoms with E-state index in [4.69, 9.17) is 11.2 Å². The van der Waals surface area contributed by atoms with E-state index in [-0.39, 0.29) is 0 Å². The van der Waals surface area contributed by atoms with Crippen molar-refractivity contribution in [3.8, 4) is 0 Å². The third-order valence-electron chi connectivity index (χ3n) is 1.95. The summed E-state index contributed by atoms with van der Waals surface area (Å²) >= 11 is 6.36. The monoisotopic (exact) mass is 215 g/mol. The van der Waals surface area contributed by atoms with Crippen LogP contribution >= 0.6 is 18.7 Å². The van der Waals surface area contributed by atoms with Gasteiger partial charge in [-0.3, -0.25) is 4.67 Å². The number of hydrogen-bond acceptors (Lipinski definition) is 1. The van der Waals surface area contributed by atoms with Crippen LogP contribution in [0, 0.1) is 0 Å². The van der Waals surface area contributed by atoms with Gasteiger partial charge in [0.25, 0.3) is 0 Å². The Balaban J connectivity index is 2.72. The van der Waals surface area contributed by atoms with Crippen LogP contribution in [0.3, 0.4) is 0 Å². The minimum atomic E-state index is -0.634. The molecule has 3 heteroatoms. The van der Waals surface area contributed by atoms with Gasteiger partial charge in [-0.15, -0.1) is 0 Å². The maximum absolute atomic E-state index is 6.36. The van der Waals surface area contributed by atoms with Crippen LogP contribution in [0.25, 0.3) is 0 Å². The molecule has 1 rings (SSSR count). The maximum atomic E-state index is 6.36. The summed E-state index contributed by atoms with van der Waals surface area (Å²) in [6.45, 7) is 6.31. The molecule has 1 aromatic rings. The first kappa shape index (κ1) is 11.0. The molecule has 72 valence electrons. The van der Waals surface area contributed by atoms with E-state index in [0.29, 0.717) is 0 Å². The fourth-order valence-electron chi connectivity index (χ4n) is 1.19. The van der Waals surface area contributed by atoms with Crippen molar-refractivity contribution in [2.45, 2.75) is 13.8 Å². The van der Waals surface area contributed by atoms with Crippen LogP contribution in [-0.2, 0) is 0 Å². The molecule has 0 saturated carbocycles. The second kappa shape index (κ2) is 5.59. The Morgan fingerprint density at radius 2 is 1.69 bits per heavy atom. The topological polar surface area (TPSA) is 3.24 Å². The summed E-state index contributed by atoms with van der Waals surface area (Å²) in [5.41, 5.74) is 0. The molecule has 0 fully saturated rings. The zero-order valence-electron chi connectivity index (χ0n) is 8.07. The largest absolute Gasteiger partial charge is 0.267 e. The zero-order chi connectivity index (χ0) is 9.68. The van der Waals surface area contributed by atoms with Crippen molar-refractivity contribution in [3.05, 3.63) is 30.3 Å². The predicted octanol–water partition coefficient (Wildman–Crippen LogP) is 3.20. The van der Waals surface area contributed by atoms with Crippen molar-refractivity contribution in [3.63, 3.8) is 0 Å². The molecule has 0 bridgehead atoms. The Hall–Kier alpha value is -0.100. The second-order valence-corrected chi connectivity index (χ2v) is 5.30. The fraction of sp³-hybridized carbons (Fsp3) is 0.400. The van der Waals surface area contributed by atoms with Gasteiger partial charge in [0.1, 0.15) is 0 Å². The highest BCUT2D eigenvalue weighted by molar-refractivity contribution is 7.88. The van der Waals surface area contributed by atoms with Crippen molar-refractivity contribution >= 4 is 24.0 Å². The van der Waals surface area contributed by atoms with Crippen LogP contribution in [0.4, 0.5) is 0 Å². The highest BCUT2D eigenvalue weighted by Crippen LogP contribution is 2.43. The summed E-state index contributed by atoms with van der Waals surface area (Å²) in [4.78, 5) is 0. The molecule has 0 amide bonds. The first-order valence-electron chi connectivity index (χ1n) is 4.55. The molecule has 0 heterocycles. The summed E-state index contributed by atoms with van der Waals surface area (Å²) in [6.07, 6.45) is 0. The summed E-state index contributed by atoms with van der Waals surface area (Å²) in [5.74, 6) is 0. The average Bonchev–Trinajstić information content (AvgIpc) is 2.21. The molecular formula is C10H15ClNP. The summed E-state index contributed by atoms with van der Waals surface area (Å²) < 4.78 is 2.28. The summed E-state index contributed by atoms with van der Waals surface area (Å²) in [7, 11) is -0.634. The van der Waals surface area contributed by atoms with Gasteiger partial charge in [0.2, 0.25) is 0 Å². The molecule has 13 heavy (non-hydrogen) atoms. The first-order valence-corrected chi connectivity index (χ1v) is 6.75. The Kier molecular flexibility index (Phi) is 4.72. The Bertz CT molecular complexity index is 236. The third-order valence-corrected chi connectivity index (χ3v) is 4.96. The minimum absolute atomic E-state index is 0.634. The van der Waals surface area contributed by atoms with Crippen molar-refractivity contribution in [2.75, 3.05) is 13.1 Å². The van der Waals surface area contributed by atoms with Gasteiger partial charge in [0.05, 0.1) is 7.43 Å². The van der Waals surface area contributed by atoms with Crippen molar-refractivity contribution in [2.24, 2.45) is 0 Å². The first-order chi connectivity index (χ1) is 6.29. The number of nitrogens with zero attached hydrogens (tertiary/aromatic N) is 1. The van der Waals surface area contributed by atoms with Gasteiger partial charge in [-0.05, 0) is 0 Å². The van der Waals surface area contributed by atoms with Gasteiger partial charge in [-0.25, -0.2) is 0 Å². The van der Waals surface area contributed by atoms with Crippen LogP contribution < -0.4 is 5.30 Å². The highest BCUT2D eigenvalue weighted by atomic mass is 35.7. The molecule has 0 aromatic heterocycles. The molecule has 0 spiro atoms. The van der Waals surface area contributed by atoms with Crippen LogP contribution in [0.5, 0.6) is 0 Å². The van der Waals surface area contributed by atoms with Crippen molar-refractivity contribution < 1.29 is 0 Å². The molecule has 1 unspecified atom stereocenters. The lowest BCUT2D eigenvalue weighted by atomic mass is 10.4. The van der Waals surface area contributed by atoms with E-state index in [1.807, 2.05) is 18.2 Å². The van der Waals surface area contributed by atoms with Crippen LogP contribution in [0.2, 0.25) is 0 Å². The van der Waals surface area contributed by atoms with Crippen molar-refractivity contribution in [1.29, 1.82) is 0 Å². The third kappa shape index (κ3) is 2.95. The number of halogens is 1. The molecule has 0 saturated heterocycles. The van der Waals surface area contributed by atoms with Gasteiger partial charge < -0.3 is 0 Å². The molecule has 1 aromatic carbocycles. The Morgan fingerprint density at radius 3 is 2.15 bits per heavy atom.